The van der Waals surface area contributed by atoms with Crippen LogP contribution in [-0.4, -0.2) is 13.7 Å². The van der Waals surface area contributed by atoms with Gasteiger partial charge in [0.25, 0.3) is 0 Å². The van der Waals surface area contributed by atoms with E-state index in [1.165, 1.54) is 5.56 Å². The molecule has 20 heavy (non-hydrogen) atoms. The number of rotatable bonds is 6. The molecule has 0 saturated heterocycles. The topological polar surface area (TPSA) is 46.2 Å². The Bertz CT molecular complexity index is 639. The summed E-state index contributed by atoms with van der Waals surface area (Å²) in [6.07, 6.45) is 0.928. The first-order valence-electron chi connectivity index (χ1n) is 6.28. The Hall–Kier alpha value is -1.33. The van der Waals surface area contributed by atoms with Crippen LogP contribution in [0.4, 0.5) is 5.69 Å². The first-order chi connectivity index (χ1) is 9.59. The van der Waals surface area contributed by atoms with Crippen LogP contribution in [0.2, 0.25) is 0 Å². The van der Waals surface area contributed by atoms with Crippen LogP contribution in [0.25, 0.3) is 0 Å². The minimum absolute atomic E-state index is 0.0169. The van der Waals surface area contributed by atoms with Crippen molar-refractivity contribution in [3.05, 3.63) is 65.7 Å². The summed E-state index contributed by atoms with van der Waals surface area (Å²) in [5, 5.41) is 0.895. The van der Waals surface area contributed by atoms with Crippen LogP contribution < -0.4 is 4.72 Å². The molecule has 0 fully saturated rings. The largest absolute Gasteiger partial charge is 0.283 e. The summed E-state index contributed by atoms with van der Waals surface area (Å²) < 4.78 is 26.7. The van der Waals surface area contributed by atoms with E-state index < -0.39 is 10.0 Å². The molecule has 0 spiro atoms. The van der Waals surface area contributed by atoms with E-state index in [0.717, 1.165) is 17.3 Å². The molecule has 0 heterocycles. The van der Waals surface area contributed by atoms with Gasteiger partial charge in [0.1, 0.15) is 0 Å². The quantitative estimate of drug-likeness (QED) is 0.807. The lowest BCUT2D eigenvalue weighted by Crippen LogP contribution is -2.15. The maximum absolute atomic E-state index is 12.1. The number of benzene rings is 2. The highest BCUT2D eigenvalue weighted by molar-refractivity contribution is 9.09. The SMILES string of the molecule is O=S(=O)(Cc1ccccc1)Nc1ccc(CCBr)cc1. The fraction of sp³-hybridized carbons (Fsp3) is 0.200. The highest BCUT2D eigenvalue weighted by atomic mass is 79.9. The molecule has 0 aliphatic carbocycles. The minimum atomic E-state index is -3.37. The van der Waals surface area contributed by atoms with Gasteiger partial charge in [0.15, 0.2) is 0 Å². The summed E-state index contributed by atoms with van der Waals surface area (Å²) in [6, 6.07) is 16.6. The summed E-state index contributed by atoms with van der Waals surface area (Å²) in [4.78, 5) is 0. The highest BCUT2D eigenvalue weighted by Gasteiger charge is 2.11. The van der Waals surface area contributed by atoms with E-state index >= 15 is 0 Å². The predicted molar refractivity (Wildman–Crippen MR) is 86.6 cm³/mol. The number of halogens is 1. The van der Waals surface area contributed by atoms with E-state index in [4.69, 9.17) is 0 Å². The zero-order valence-corrected chi connectivity index (χ0v) is 13.3. The maximum Gasteiger partial charge on any atom is 0.236 e. The fourth-order valence-corrected chi connectivity index (χ4v) is 3.51. The van der Waals surface area contributed by atoms with Gasteiger partial charge < -0.3 is 0 Å². The Morgan fingerprint density at radius 2 is 1.55 bits per heavy atom. The Kier molecular flexibility index (Phi) is 5.20. The standard InChI is InChI=1S/C15H16BrNO2S/c16-11-10-13-6-8-15(9-7-13)17-20(18,19)12-14-4-2-1-3-5-14/h1-9,17H,10-12H2. The molecule has 5 heteroatoms. The van der Waals surface area contributed by atoms with Crippen molar-refractivity contribution in [2.45, 2.75) is 12.2 Å². The predicted octanol–water partition coefficient (Wildman–Crippen LogP) is 3.57. The lowest BCUT2D eigenvalue weighted by Gasteiger charge is -2.08. The van der Waals surface area contributed by atoms with Crippen molar-refractivity contribution in [1.82, 2.24) is 0 Å². The van der Waals surface area contributed by atoms with Crippen LogP contribution in [0.15, 0.2) is 54.6 Å². The molecule has 0 aliphatic rings. The summed E-state index contributed by atoms with van der Waals surface area (Å²) >= 11 is 3.38. The van der Waals surface area contributed by atoms with Crippen LogP contribution in [0.1, 0.15) is 11.1 Å². The molecular weight excluding hydrogens is 338 g/mol. The van der Waals surface area contributed by atoms with Gasteiger partial charge in [-0.05, 0) is 29.7 Å². The highest BCUT2D eigenvalue weighted by Crippen LogP contribution is 2.14. The molecule has 0 radical (unpaired) electrons. The molecule has 0 bridgehead atoms. The molecule has 2 aromatic carbocycles. The summed E-state index contributed by atoms with van der Waals surface area (Å²) in [6.45, 7) is 0. The summed E-state index contributed by atoms with van der Waals surface area (Å²) in [7, 11) is -3.37. The molecule has 0 aliphatic heterocycles. The van der Waals surface area contributed by atoms with Gasteiger partial charge in [-0.3, -0.25) is 4.72 Å². The Balaban J connectivity index is 2.04. The molecular formula is C15H16BrNO2S. The number of alkyl halides is 1. The fourth-order valence-electron chi connectivity index (χ4n) is 1.86. The molecule has 0 saturated carbocycles. The van der Waals surface area contributed by atoms with Crippen molar-refractivity contribution >= 4 is 31.6 Å². The van der Waals surface area contributed by atoms with Crippen molar-refractivity contribution < 1.29 is 8.42 Å². The smallest absolute Gasteiger partial charge is 0.236 e. The van der Waals surface area contributed by atoms with Gasteiger partial charge in [0.2, 0.25) is 10.0 Å². The Labute approximate surface area is 128 Å². The molecule has 0 aromatic heterocycles. The number of hydrogen-bond acceptors (Lipinski definition) is 2. The number of hydrogen-bond donors (Lipinski definition) is 1. The van der Waals surface area contributed by atoms with E-state index in [1.807, 2.05) is 30.3 Å². The number of nitrogens with one attached hydrogen (secondary N) is 1. The van der Waals surface area contributed by atoms with E-state index in [-0.39, 0.29) is 5.75 Å². The average Bonchev–Trinajstić information content (AvgIpc) is 2.41. The zero-order chi connectivity index (χ0) is 14.4. The van der Waals surface area contributed by atoms with Crippen molar-refractivity contribution in [3.63, 3.8) is 0 Å². The lowest BCUT2D eigenvalue weighted by atomic mass is 10.2. The van der Waals surface area contributed by atoms with Crippen molar-refractivity contribution in [2.75, 3.05) is 10.1 Å². The minimum Gasteiger partial charge on any atom is -0.283 e. The number of aryl methyl sites for hydroxylation is 1. The maximum atomic E-state index is 12.1. The van der Waals surface area contributed by atoms with Crippen molar-refractivity contribution in [1.29, 1.82) is 0 Å². The third-order valence-electron chi connectivity index (χ3n) is 2.81. The lowest BCUT2D eigenvalue weighted by molar-refractivity contribution is 0.600. The van der Waals surface area contributed by atoms with Crippen molar-refractivity contribution in [3.8, 4) is 0 Å². The molecule has 0 atom stereocenters. The molecule has 1 N–H and O–H groups in total. The number of sulfonamides is 1. The van der Waals surface area contributed by atoms with E-state index in [2.05, 4.69) is 20.7 Å². The van der Waals surface area contributed by atoms with E-state index in [0.29, 0.717) is 5.69 Å². The second kappa shape index (κ2) is 6.90. The Morgan fingerprint density at radius 1 is 0.900 bits per heavy atom. The first kappa shape index (κ1) is 15.1. The third-order valence-corrected chi connectivity index (χ3v) is 4.47. The molecule has 0 amide bonds. The molecule has 2 rings (SSSR count). The van der Waals surface area contributed by atoms with Gasteiger partial charge in [-0.15, -0.1) is 0 Å². The van der Waals surface area contributed by atoms with Crippen LogP contribution in [0.3, 0.4) is 0 Å². The Morgan fingerprint density at radius 3 is 2.15 bits per heavy atom. The number of anilines is 1. The molecule has 0 unspecified atom stereocenters. The van der Waals surface area contributed by atoms with Gasteiger partial charge in [-0.1, -0.05) is 58.4 Å². The van der Waals surface area contributed by atoms with Gasteiger partial charge in [0, 0.05) is 11.0 Å². The second-order valence-corrected chi connectivity index (χ2v) is 7.00. The van der Waals surface area contributed by atoms with Crippen LogP contribution in [0.5, 0.6) is 0 Å². The average molecular weight is 354 g/mol. The van der Waals surface area contributed by atoms with E-state index in [1.54, 1.807) is 24.3 Å². The summed E-state index contributed by atoms with van der Waals surface area (Å²) in [5.74, 6) is -0.0169. The molecule has 106 valence electrons. The van der Waals surface area contributed by atoms with Gasteiger partial charge in [-0.2, -0.15) is 0 Å². The van der Waals surface area contributed by atoms with Gasteiger partial charge in [0.05, 0.1) is 5.75 Å². The van der Waals surface area contributed by atoms with E-state index in [9.17, 15) is 8.42 Å². The normalized spacial score (nSPS) is 11.2. The summed E-state index contributed by atoms with van der Waals surface area (Å²) in [5.41, 5.74) is 2.54. The van der Waals surface area contributed by atoms with Gasteiger partial charge in [-0.25, -0.2) is 8.42 Å². The van der Waals surface area contributed by atoms with Gasteiger partial charge >= 0.3 is 0 Å². The zero-order valence-electron chi connectivity index (χ0n) is 10.9. The molecule has 3 nitrogen and oxygen atoms in total. The monoisotopic (exact) mass is 353 g/mol. The second-order valence-electron chi connectivity index (χ2n) is 4.48. The third kappa shape index (κ3) is 4.65. The first-order valence-corrected chi connectivity index (χ1v) is 9.06. The van der Waals surface area contributed by atoms with Crippen molar-refractivity contribution in [2.24, 2.45) is 0 Å². The van der Waals surface area contributed by atoms with Crippen LogP contribution >= 0.6 is 15.9 Å². The van der Waals surface area contributed by atoms with Crippen LogP contribution in [-0.2, 0) is 22.2 Å². The molecule has 2 aromatic rings. The van der Waals surface area contributed by atoms with Crippen LogP contribution in [0, 0.1) is 0 Å².